The first-order valence-corrected chi connectivity index (χ1v) is 8.47. The summed E-state index contributed by atoms with van der Waals surface area (Å²) in [6, 6.07) is 7.96. The fraction of sp³-hybridized carbons (Fsp3) is 0.529. The Morgan fingerprint density at radius 2 is 2.20 bits per heavy atom. The molecule has 1 atom stereocenters. The van der Waals surface area contributed by atoms with Gasteiger partial charge in [-0.15, -0.1) is 5.10 Å². The summed E-state index contributed by atoms with van der Waals surface area (Å²) in [6.07, 6.45) is 3.60. The SMILES string of the molecule is COc1ccc(CC2CN(C(=O)CCCn3cnnn3)CCO2)cc1. The van der Waals surface area contributed by atoms with E-state index in [1.54, 1.807) is 18.1 Å². The van der Waals surface area contributed by atoms with Crippen LogP contribution in [0, 0.1) is 0 Å². The lowest BCUT2D eigenvalue weighted by Crippen LogP contribution is -2.46. The van der Waals surface area contributed by atoms with Crippen LogP contribution in [0.25, 0.3) is 0 Å². The normalized spacial score (nSPS) is 17.5. The van der Waals surface area contributed by atoms with Crippen molar-refractivity contribution >= 4 is 5.91 Å². The molecule has 1 aromatic heterocycles. The first-order valence-electron chi connectivity index (χ1n) is 8.47. The van der Waals surface area contributed by atoms with Gasteiger partial charge in [-0.05, 0) is 34.5 Å². The van der Waals surface area contributed by atoms with Crippen molar-refractivity contribution in [3.05, 3.63) is 36.2 Å². The van der Waals surface area contributed by atoms with Crippen LogP contribution in [0.5, 0.6) is 5.75 Å². The molecule has 1 aliphatic rings. The molecule has 0 radical (unpaired) electrons. The minimum atomic E-state index is 0.0330. The molecule has 1 aromatic carbocycles. The molecule has 3 rings (SSSR count). The summed E-state index contributed by atoms with van der Waals surface area (Å²) < 4.78 is 12.6. The standard InChI is InChI=1S/C17H23N5O3/c1-24-15-6-4-14(5-7-15)11-16-12-21(9-10-25-16)17(23)3-2-8-22-13-18-19-20-22/h4-7,13,16H,2-3,8-12H2,1H3. The Bertz CT molecular complexity index is 659. The molecule has 8 nitrogen and oxygen atoms in total. The molecule has 2 aromatic rings. The molecule has 134 valence electrons. The number of nitrogens with zero attached hydrogens (tertiary/aromatic N) is 5. The summed E-state index contributed by atoms with van der Waals surface area (Å²) in [5.74, 6) is 1.00. The zero-order chi connectivity index (χ0) is 17.5. The monoisotopic (exact) mass is 345 g/mol. The lowest BCUT2D eigenvalue weighted by Gasteiger charge is -2.33. The Labute approximate surface area is 146 Å². The number of hydrogen-bond acceptors (Lipinski definition) is 6. The van der Waals surface area contributed by atoms with Gasteiger partial charge in [0.05, 0.1) is 19.8 Å². The first kappa shape index (κ1) is 17.3. The molecule has 8 heteroatoms. The zero-order valence-electron chi connectivity index (χ0n) is 14.4. The Hall–Kier alpha value is -2.48. The summed E-state index contributed by atoms with van der Waals surface area (Å²) in [5.41, 5.74) is 1.18. The smallest absolute Gasteiger partial charge is 0.222 e. The van der Waals surface area contributed by atoms with E-state index in [4.69, 9.17) is 9.47 Å². The molecule has 0 N–H and O–H groups in total. The van der Waals surface area contributed by atoms with E-state index in [1.165, 1.54) is 5.56 Å². The second kappa shape index (κ2) is 8.57. The number of methoxy groups -OCH3 is 1. The van der Waals surface area contributed by atoms with E-state index in [-0.39, 0.29) is 12.0 Å². The Morgan fingerprint density at radius 3 is 2.92 bits per heavy atom. The number of tetrazole rings is 1. The third-order valence-corrected chi connectivity index (χ3v) is 4.28. The second-order valence-electron chi connectivity index (χ2n) is 6.06. The molecule has 1 unspecified atom stereocenters. The van der Waals surface area contributed by atoms with Crippen LogP contribution in [0.2, 0.25) is 0 Å². The minimum absolute atomic E-state index is 0.0330. The number of carbonyl (C=O) groups is 1. The molecule has 1 amide bonds. The van der Waals surface area contributed by atoms with Crippen LogP contribution in [0.1, 0.15) is 18.4 Å². The number of morpholine rings is 1. The van der Waals surface area contributed by atoms with Gasteiger partial charge >= 0.3 is 0 Å². The number of amides is 1. The van der Waals surface area contributed by atoms with Gasteiger partial charge in [0.1, 0.15) is 12.1 Å². The predicted molar refractivity (Wildman–Crippen MR) is 90.1 cm³/mol. The number of hydrogen-bond donors (Lipinski definition) is 0. The number of ether oxygens (including phenoxy) is 2. The maximum Gasteiger partial charge on any atom is 0.222 e. The van der Waals surface area contributed by atoms with E-state index in [9.17, 15) is 4.79 Å². The molecule has 25 heavy (non-hydrogen) atoms. The largest absolute Gasteiger partial charge is 0.497 e. The van der Waals surface area contributed by atoms with Gasteiger partial charge < -0.3 is 14.4 Å². The van der Waals surface area contributed by atoms with Crippen molar-refractivity contribution in [2.24, 2.45) is 0 Å². The third kappa shape index (κ3) is 4.99. The number of rotatable bonds is 7. The van der Waals surface area contributed by atoms with Crippen LogP contribution in [-0.2, 0) is 22.5 Å². The minimum Gasteiger partial charge on any atom is -0.497 e. The maximum atomic E-state index is 12.4. The molecule has 0 saturated carbocycles. The van der Waals surface area contributed by atoms with Crippen molar-refractivity contribution in [3.8, 4) is 5.75 Å². The molecule has 0 bridgehead atoms. The fourth-order valence-electron chi connectivity index (χ4n) is 2.93. The topological polar surface area (TPSA) is 82.4 Å². The van der Waals surface area contributed by atoms with Crippen molar-refractivity contribution in [1.82, 2.24) is 25.1 Å². The number of carbonyl (C=O) groups excluding carboxylic acids is 1. The molecule has 0 aliphatic carbocycles. The van der Waals surface area contributed by atoms with Crippen molar-refractivity contribution in [1.29, 1.82) is 0 Å². The molecule has 1 aliphatic heterocycles. The summed E-state index contributed by atoms with van der Waals surface area (Å²) in [4.78, 5) is 14.3. The Morgan fingerprint density at radius 1 is 1.36 bits per heavy atom. The molecular formula is C17H23N5O3. The van der Waals surface area contributed by atoms with E-state index >= 15 is 0 Å². The lowest BCUT2D eigenvalue weighted by atomic mass is 10.1. The quantitative estimate of drug-likeness (QED) is 0.742. The van der Waals surface area contributed by atoms with E-state index in [0.717, 1.165) is 18.6 Å². The molecule has 1 fully saturated rings. The summed E-state index contributed by atoms with van der Waals surface area (Å²) in [6.45, 7) is 2.52. The highest BCUT2D eigenvalue weighted by atomic mass is 16.5. The molecule has 0 spiro atoms. The highest BCUT2D eigenvalue weighted by molar-refractivity contribution is 5.76. The van der Waals surface area contributed by atoms with Crippen LogP contribution < -0.4 is 4.74 Å². The average molecular weight is 345 g/mol. The second-order valence-corrected chi connectivity index (χ2v) is 6.06. The van der Waals surface area contributed by atoms with Gasteiger partial charge in [0.15, 0.2) is 0 Å². The summed E-state index contributed by atoms with van der Waals surface area (Å²) in [5, 5.41) is 11.0. The Kier molecular flexibility index (Phi) is 5.95. The Balaban J connectivity index is 1.45. The van der Waals surface area contributed by atoms with Crippen LogP contribution in [0.3, 0.4) is 0 Å². The van der Waals surface area contributed by atoms with Gasteiger partial charge in [-0.25, -0.2) is 4.68 Å². The zero-order valence-corrected chi connectivity index (χ0v) is 14.4. The number of benzene rings is 1. The van der Waals surface area contributed by atoms with Gasteiger partial charge in [0, 0.05) is 32.5 Å². The van der Waals surface area contributed by atoms with Crippen LogP contribution >= 0.6 is 0 Å². The van der Waals surface area contributed by atoms with Crippen molar-refractivity contribution in [2.45, 2.75) is 31.9 Å². The third-order valence-electron chi connectivity index (χ3n) is 4.28. The van der Waals surface area contributed by atoms with Gasteiger partial charge in [-0.3, -0.25) is 4.79 Å². The number of aromatic nitrogens is 4. The lowest BCUT2D eigenvalue weighted by molar-refractivity contribution is -0.138. The van der Waals surface area contributed by atoms with Crippen molar-refractivity contribution < 1.29 is 14.3 Å². The highest BCUT2D eigenvalue weighted by Crippen LogP contribution is 2.16. The van der Waals surface area contributed by atoms with Gasteiger partial charge in [-0.1, -0.05) is 12.1 Å². The van der Waals surface area contributed by atoms with Crippen LogP contribution in [0.15, 0.2) is 30.6 Å². The van der Waals surface area contributed by atoms with Crippen LogP contribution in [-0.4, -0.2) is 63.9 Å². The average Bonchev–Trinajstić information content (AvgIpc) is 3.16. The van der Waals surface area contributed by atoms with Gasteiger partial charge in [-0.2, -0.15) is 0 Å². The molecule has 1 saturated heterocycles. The van der Waals surface area contributed by atoms with Crippen molar-refractivity contribution in [3.63, 3.8) is 0 Å². The van der Waals surface area contributed by atoms with Crippen molar-refractivity contribution in [2.75, 3.05) is 26.8 Å². The van der Waals surface area contributed by atoms with E-state index in [1.807, 2.05) is 29.2 Å². The van der Waals surface area contributed by atoms with E-state index in [0.29, 0.717) is 32.7 Å². The van der Waals surface area contributed by atoms with E-state index < -0.39 is 0 Å². The first-order chi connectivity index (χ1) is 12.2. The van der Waals surface area contributed by atoms with Gasteiger partial charge in [0.25, 0.3) is 0 Å². The molecule has 2 heterocycles. The molecular weight excluding hydrogens is 322 g/mol. The van der Waals surface area contributed by atoms with Gasteiger partial charge in [0.2, 0.25) is 5.91 Å². The van der Waals surface area contributed by atoms with E-state index in [2.05, 4.69) is 15.5 Å². The highest BCUT2D eigenvalue weighted by Gasteiger charge is 2.24. The fourth-order valence-corrected chi connectivity index (χ4v) is 2.93. The summed E-state index contributed by atoms with van der Waals surface area (Å²) >= 11 is 0. The summed E-state index contributed by atoms with van der Waals surface area (Å²) in [7, 11) is 1.65. The van der Waals surface area contributed by atoms with Crippen LogP contribution in [0.4, 0.5) is 0 Å². The maximum absolute atomic E-state index is 12.4. The number of aryl methyl sites for hydroxylation is 1. The predicted octanol–water partition coefficient (Wildman–Crippen LogP) is 0.932.